The van der Waals surface area contributed by atoms with E-state index in [9.17, 15) is 13.2 Å². The molecule has 2 aromatic carbocycles. The van der Waals surface area contributed by atoms with E-state index in [-0.39, 0.29) is 5.78 Å². The van der Waals surface area contributed by atoms with Gasteiger partial charge in [0.2, 0.25) is 10.0 Å². The SMILES string of the molecule is CS(=O)(=O)Nc1ccc(C(=O)C=Cc2ccc3nccnc3c2)cc1. The molecule has 0 saturated carbocycles. The van der Waals surface area contributed by atoms with Gasteiger partial charge in [-0.1, -0.05) is 12.1 Å². The number of benzene rings is 2. The molecular formula is C18H15N3O3S. The van der Waals surface area contributed by atoms with Crippen LogP contribution in [0.3, 0.4) is 0 Å². The minimum atomic E-state index is -3.33. The maximum absolute atomic E-state index is 12.2. The molecule has 0 spiro atoms. The van der Waals surface area contributed by atoms with Gasteiger partial charge in [-0.05, 0) is 48.0 Å². The number of hydrogen-bond acceptors (Lipinski definition) is 5. The fourth-order valence-corrected chi connectivity index (χ4v) is 2.83. The standard InChI is InChI=1S/C18H15N3O3S/c1-25(23,24)21-15-6-4-14(5-7-15)18(22)9-3-13-2-8-16-17(12-13)20-11-10-19-16/h2-12,21H,1H3. The monoisotopic (exact) mass is 353 g/mol. The number of allylic oxidation sites excluding steroid dienone is 1. The summed E-state index contributed by atoms with van der Waals surface area (Å²) < 4.78 is 24.7. The molecule has 1 heterocycles. The zero-order chi connectivity index (χ0) is 17.9. The Bertz CT molecular complexity index is 1060. The molecule has 0 aliphatic carbocycles. The van der Waals surface area contributed by atoms with Gasteiger partial charge in [0, 0.05) is 23.6 Å². The van der Waals surface area contributed by atoms with Crippen LogP contribution in [0.1, 0.15) is 15.9 Å². The number of ketones is 1. The van der Waals surface area contributed by atoms with Gasteiger partial charge in [-0.15, -0.1) is 0 Å². The lowest BCUT2D eigenvalue weighted by Crippen LogP contribution is -2.09. The van der Waals surface area contributed by atoms with Gasteiger partial charge in [-0.3, -0.25) is 19.5 Å². The molecule has 0 atom stereocenters. The maximum Gasteiger partial charge on any atom is 0.229 e. The number of hydrogen-bond donors (Lipinski definition) is 1. The van der Waals surface area contributed by atoms with Crippen LogP contribution in [0, 0.1) is 0 Å². The number of carbonyl (C=O) groups is 1. The molecular weight excluding hydrogens is 338 g/mol. The molecule has 0 saturated heterocycles. The van der Waals surface area contributed by atoms with Gasteiger partial charge in [-0.2, -0.15) is 0 Å². The van der Waals surface area contributed by atoms with Gasteiger partial charge < -0.3 is 0 Å². The zero-order valence-corrected chi connectivity index (χ0v) is 14.2. The van der Waals surface area contributed by atoms with E-state index in [1.807, 2.05) is 18.2 Å². The molecule has 7 heteroatoms. The van der Waals surface area contributed by atoms with E-state index in [1.165, 1.54) is 6.08 Å². The van der Waals surface area contributed by atoms with Crippen molar-refractivity contribution in [1.29, 1.82) is 0 Å². The first kappa shape index (κ1) is 16.8. The molecule has 0 aliphatic heterocycles. The minimum Gasteiger partial charge on any atom is -0.289 e. The van der Waals surface area contributed by atoms with E-state index in [4.69, 9.17) is 0 Å². The average molecular weight is 353 g/mol. The van der Waals surface area contributed by atoms with Gasteiger partial charge in [0.15, 0.2) is 5.78 Å². The molecule has 3 rings (SSSR count). The highest BCUT2D eigenvalue weighted by atomic mass is 32.2. The van der Waals surface area contributed by atoms with Gasteiger partial charge in [0.1, 0.15) is 0 Å². The number of anilines is 1. The van der Waals surface area contributed by atoms with Crippen molar-refractivity contribution in [3.05, 3.63) is 72.1 Å². The first-order valence-corrected chi connectivity index (χ1v) is 9.31. The van der Waals surface area contributed by atoms with Crippen molar-refractivity contribution >= 4 is 38.6 Å². The minimum absolute atomic E-state index is 0.176. The molecule has 0 aliphatic rings. The van der Waals surface area contributed by atoms with Crippen LogP contribution in [0.15, 0.2) is 60.9 Å². The van der Waals surface area contributed by atoms with Crippen molar-refractivity contribution in [3.63, 3.8) is 0 Å². The summed E-state index contributed by atoms with van der Waals surface area (Å²) in [6.07, 6.45) is 7.50. The van der Waals surface area contributed by atoms with Crippen LogP contribution in [-0.4, -0.2) is 30.4 Å². The van der Waals surface area contributed by atoms with Gasteiger partial charge in [0.25, 0.3) is 0 Å². The molecule has 6 nitrogen and oxygen atoms in total. The number of nitrogens with one attached hydrogen (secondary N) is 1. The summed E-state index contributed by atoms with van der Waals surface area (Å²) in [5.41, 5.74) is 3.27. The van der Waals surface area contributed by atoms with Crippen LogP contribution in [-0.2, 0) is 10.0 Å². The van der Waals surface area contributed by atoms with Gasteiger partial charge >= 0.3 is 0 Å². The second kappa shape index (κ2) is 6.82. The summed E-state index contributed by atoms with van der Waals surface area (Å²) in [7, 11) is -3.33. The Kier molecular flexibility index (Phi) is 4.58. The average Bonchev–Trinajstić information content (AvgIpc) is 2.59. The highest BCUT2D eigenvalue weighted by molar-refractivity contribution is 7.92. The molecule has 126 valence electrons. The molecule has 1 aromatic heterocycles. The van der Waals surface area contributed by atoms with Crippen LogP contribution >= 0.6 is 0 Å². The fraction of sp³-hybridized carbons (Fsp3) is 0.0556. The predicted molar refractivity (Wildman–Crippen MR) is 97.8 cm³/mol. The number of carbonyl (C=O) groups excluding carboxylic acids is 1. The van der Waals surface area contributed by atoms with Crippen LogP contribution in [0.5, 0.6) is 0 Å². The maximum atomic E-state index is 12.2. The molecule has 0 radical (unpaired) electrons. The highest BCUT2D eigenvalue weighted by Crippen LogP contribution is 2.14. The van der Waals surface area contributed by atoms with E-state index >= 15 is 0 Å². The number of aromatic nitrogens is 2. The third-order valence-corrected chi connectivity index (χ3v) is 4.00. The first-order valence-electron chi connectivity index (χ1n) is 7.42. The van der Waals surface area contributed by atoms with Crippen molar-refractivity contribution in [2.24, 2.45) is 0 Å². The highest BCUT2D eigenvalue weighted by Gasteiger charge is 2.05. The second-order valence-corrected chi connectivity index (χ2v) is 7.20. The van der Waals surface area contributed by atoms with Crippen LogP contribution in [0.2, 0.25) is 0 Å². The molecule has 0 bridgehead atoms. The van der Waals surface area contributed by atoms with Crippen molar-refractivity contribution in [2.45, 2.75) is 0 Å². The smallest absolute Gasteiger partial charge is 0.229 e. The number of rotatable bonds is 5. The Labute approximate surface area is 145 Å². The first-order chi connectivity index (χ1) is 11.9. The topological polar surface area (TPSA) is 89.0 Å². The molecule has 0 unspecified atom stereocenters. The molecule has 0 amide bonds. The van der Waals surface area contributed by atoms with E-state index in [1.54, 1.807) is 42.7 Å². The third kappa shape index (κ3) is 4.48. The van der Waals surface area contributed by atoms with Crippen LogP contribution in [0.25, 0.3) is 17.1 Å². The Hall–Kier alpha value is -3.06. The molecule has 0 fully saturated rings. The van der Waals surface area contributed by atoms with E-state index in [0.717, 1.165) is 22.9 Å². The van der Waals surface area contributed by atoms with E-state index in [2.05, 4.69) is 14.7 Å². The third-order valence-electron chi connectivity index (χ3n) is 3.39. The quantitative estimate of drug-likeness (QED) is 0.563. The number of sulfonamides is 1. The summed E-state index contributed by atoms with van der Waals surface area (Å²) in [5, 5.41) is 0. The second-order valence-electron chi connectivity index (χ2n) is 5.45. The van der Waals surface area contributed by atoms with Crippen molar-refractivity contribution in [2.75, 3.05) is 11.0 Å². The zero-order valence-electron chi connectivity index (χ0n) is 13.4. The Morgan fingerprint density at radius 3 is 2.36 bits per heavy atom. The van der Waals surface area contributed by atoms with Crippen molar-refractivity contribution in [1.82, 2.24) is 9.97 Å². The van der Waals surface area contributed by atoms with Crippen LogP contribution < -0.4 is 4.72 Å². The molecule has 25 heavy (non-hydrogen) atoms. The lowest BCUT2D eigenvalue weighted by molar-refractivity contribution is 0.104. The predicted octanol–water partition coefficient (Wildman–Crippen LogP) is 2.90. The summed E-state index contributed by atoms with van der Waals surface area (Å²) in [6.45, 7) is 0. The van der Waals surface area contributed by atoms with E-state index in [0.29, 0.717) is 11.3 Å². The van der Waals surface area contributed by atoms with Gasteiger partial charge in [-0.25, -0.2) is 8.42 Å². The summed E-state index contributed by atoms with van der Waals surface area (Å²) in [4.78, 5) is 20.6. The number of nitrogens with zero attached hydrogens (tertiary/aromatic N) is 2. The Morgan fingerprint density at radius 1 is 1.00 bits per heavy atom. The summed E-state index contributed by atoms with van der Waals surface area (Å²) >= 11 is 0. The van der Waals surface area contributed by atoms with Crippen molar-refractivity contribution in [3.8, 4) is 0 Å². The van der Waals surface area contributed by atoms with E-state index < -0.39 is 10.0 Å². The molecule has 1 N–H and O–H groups in total. The van der Waals surface area contributed by atoms with Crippen molar-refractivity contribution < 1.29 is 13.2 Å². The number of fused-ring (bicyclic) bond motifs is 1. The normalized spacial score (nSPS) is 11.7. The Balaban J connectivity index is 1.75. The lowest BCUT2D eigenvalue weighted by atomic mass is 10.1. The van der Waals surface area contributed by atoms with Crippen LogP contribution in [0.4, 0.5) is 5.69 Å². The lowest BCUT2D eigenvalue weighted by Gasteiger charge is -2.04. The summed E-state index contributed by atoms with van der Waals surface area (Å²) in [5.74, 6) is -0.176. The van der Waals surface area contributed by atoms with Gasteiger partial charge in [0.05, 0.1) is 17.3 Å². The molecule has 3 aromatic rings. The fourth-order valence-electron chi connectivity index (χ4n) is 2.27. The largest absolute Gasteiger partial charge is 0.289 e. The summed E-state index contributed by atoms with van der Waals surface area (Å²) in [6, 6.07) is 11.8. The Morgan fingerprint density at radius 2 is 1.68 bits per heavy atom.